The second kappa shape index (κ2) is 18.8. The molecule has 0 aromatic heterocycles. The van der Waals surface area contributed by atoms with Crippen LogP contribution in [0, 0.1) is 6.08 Å². The fourth-order valence-corrected chi connectivity index (χ4v) is 2.48. The Labute approximate surface area is 209 Å². The molecule has 0 bridgehead atoms. The normalized spacial score (nSPS) is 10.0. The van der Waals surface area contributed by atoms with Gasteiger partial charge in [0.2, 0.25) is 0 Å². The van der Waals surface area contributed by atoms with Crippen molar-refractivity contribution in [1.82, 2.24) is 0 Å². The predicted molar refractivity (Wildman–Crippen MR) is 134 cm³/mol. The van der Waals surface area contributed by atoms with Crippen LogP contribution in [0.25, 0.3) is 21.5 Å². The number of fused-ring (bicyclic) bond motifs is 2. The maximum Gasteiger partial charge on any atom is 0.0213 e. The number of allylic oxidation sites excluding steroid dienone is 4. The first-order valence-corrected chi connectivity index (χ1v) is 11.3. The molecule has 0 fully saturated rings. The first-order valence-electron chi connectivity index (χ1n) is 9.01. The second-order valence-corrected chi connectivity index (χ2v) is 7.04. The monoisotopic (exact) mass is 606 g/mol. The minimum Gasteiger partial charge on any atom is -0.273 e. The van der Waals surface area contributed by atoms with Crippen molar-refractivity contribution in [3.63, 3.8) is 0 Å². The van der Waals surface area contributed by atoms with Gasteiger partial charge in [0, 0.05) is 35.4 Å². The molecule has 1 aliphatic rings. The summed E-state index contributed by atoms with van der Waals surface area (Å²) < 4.78 is 0. The van der Waals surface area contributed by atoms with Crippen LogP contribution in [0.15, 0.2) is 103 Å². The molecule has 4 aromatic rings. The Morgan fingerprint density at radius 2 is 1.21 bits per heavy atom. The largest absolute Gasteiger partial charge is 0.273 e. The number of rotatable bonds is 0. The van der Waals surface area contributed by atoms with Crippen LogP contribution < -0.4 is 0 Å². The molecule has 0 amide bonds. The molecule has 153 valence electrons. The second-order valence-electron chi connectivity index (χ2n) is 5.89. The van der Waals surface area contributed by atoms with Crippen molar-refractivity contribution < 1.29 is 25.8 Å². The van der Waals surface area contributed by atoms with Crippen LogP contribution in [-0.4, -0.2) is 9.52 Å². The van der Waals surface area contributed by atoms with E-state index in [1.54, 1.807) is 0 Å². The fourth-order valence-electron chi connectivity index (χ4n) is 2.48. The number of hydrogen-bond acceptors (Lipinski definition) is 0. The van der Waals surface area contributed by atoms with Gasteiger partial charge in [0.15, 0.2) is 0 Å². The van der Waals surface area contributed by atoms with Gasteiger partial charge in [-0.1, -0.05) is 25.2 Å². The predicted octanol–water partition coefficient (Wildman–Crippen LogP) is 7.78. The summed E-state index contributed by atoms with van der Waals surface area (Å²) in [5.74, 6) is 0. The van der Waals surface area contributed by atoms with Crippen molar-refractivity contribution in [2.24, 2.45) is 0 Å². The first kappa shape index (κ1) is 30.0. The van der Waals surface area contributed by atoms with Crippen LogP contribution in [0.3, 0.4) is 0 Å². The van der Waals surface area contributed by atoms with Gasteiger partial charge < -0.3 is 0 Å². The molecule has 29 heavy (non-hydrogen) atoms. The molecule has 4 aromatic carbocycles. The van der Waals surface area contributed by atoms with Gasteiger partial charge in [0.1, 0.15) is 0 Å². The quantitative estimate of drug-likeness (QED) is 0.142. The van der Waals surface area contributed by atoms with Crippen LogP contribution >= 0.6 is 24.8 Å². The van der Waals surface area contributed by atoms with E-state index < -0.39 is 0 Å². The van der Waals surface area contributed by atoms with Gasteiger partial charge in [-0.2, -0.15) is 41.1 Å². The molecule has 0 atom stereocenters. The van der Waals surface area contributed by atoms with E-state index in [-0.39, 0.29) is 50.7 Å². The zero-order chi connectivity index (χ0) is 18.5. The molecular weight excluding hydrogens is 578 g/mol. The summed E-state index contributed by atoms with van der Waals surface area (Å²) in [5.41, 5.74) is 0. The molecule has 0 aliphatic heterocycles. The summed E-state index contributed by atoms with van der Waals surface area (Å²) >= 11 is 0. The van der Waals surface area contributed by atoms with Crippen molar-refractivity contribution in [3.05, 3.63) is 109 Å². The van der Waals surface area contributed by atoms with E-state index in [1.807, 2.05) is 12.2 Å². The molecule has 5 rings (SSSR count). The minimum atomic E-state index is 0. The van der Waals surface area contributed by atoms with Crippen LogP contribution in [0.1, 0.15) is 6.42 Å². The Morgan fingerprint density at radius 3 is 1.52 bits per heavy atom. The van der Waals surface area contributed by atoms with E-state index in [2.05, 4.69) is 110 Å². The van der Waals surface area contributed by atoms with Gasteiger partial charge in [0.25, 0.3) is 0 Å². The molecule has 0 spiro atoms. The van der Waals surface area contributed by atoms with E-state index in [9.17, 15) is 0 Å². The molecule has 0 heterocycles. The SMILES string of the molecule is C[SiH]C.Cl.Cl.[C-]1=CC=CC1.[Hf].c1ccc2[cH-]ccc2c1.c1ccc2[cH-]ccc2c1. The maximum atomic E-state index is 2.99. The zero-order valence-electron chi connectivity index (χ0n) is 16.9. The van der Waals surface area contributed by atoms with Crippen LogP contribution in [-0.2, 0) is 25.8 Å². The Balaban J connectivity index is 0. The van der Waals surface area contributed by atoms with Crippen LogP contribution in [0.2, 0.25) is 13.1 Å². The summed E-state index contributed by atoms with van der Waals surface area (Å²) in [4.78, 5) is 0. The van der Waals surface area contributed by atoms with Gasteiger partial charge in [-0.05, 0) is 0 Å². The molecule has 0 saturated heterocycles. The van der Waals surface area contributed by atoms with E-state index >= 15 is 0 Å². The van der Waals surface area contributed by atoms with Gasteiger partial charge >= 0.3 is 0 Å². The number of benzene rings is 2. The molecule has 4 heteroatoms. The average molecular weight is 606 g/mol. The topological polar surface area (TPSA) is 0 Å². The summed E-state index contributed by atoms with van der Waals surface area (Å²) in [6.07, 6.45) is 10.0. The maximum absolute atomic E-state index is 2.99. The van der Waals surface area contributed by atoms with E-state index in [0.717, 1.165) is 15.9 Å². The number of halogens is 2. The molecule has 0 unspecified atom stereocenters. The van der Waals surface area contributed by atoms with Crippen molar-refractivity contribution in [3.8, 4) is 0 Å². The van der Waals surface area contributed by atoms with Gasteiger partial charge in [-0.3, -0.25) is 6.08 Å². The Hall–Kier alpha value is -1.19. The molecule has 0 saturated carbocycles. The number of hydrogen-bond donors (Lipinski definition) is 0. The third-order valence-corrected chi connectivity index (χ3v) is 3.68. The molecule has 0 N–H and O–H groups in total. The molecular formula is C25H28Cl2HfSi-3. The van der Waals surface area contributed by atoms with Crippen LogP contribution in [0.4, 0.5) is 0 Å². The molecule has 0 nitrogen and oxygen atoms in total. The van der Waals surface area contributed by atoms with E-state index in [0.29, 0.717) is 0 Å². The standard InChI is InChI=1S/2C9H7.C5H5.C2H7Si.2ClH.Hf/c2*1-2-5-9-7-3-6-8(9)4-1;1-2-4-5-3-1;1-3-2;;;/h2*1-7H;1-3H,4H2;3H,1-2H3;2*1H;/q3*-1;;;;. The third kappa shape index (κ3) is 11.5. The van der Waals surface area contributed by atoms with E-state index in [4.69, 9.17) is 0 Å². The summed E-state index contributed by atoms with van der Waals surface area (Å²) in [5, 5.41) is 5.32. The minimum absolute atomic E-state index is 0. The Bertz CT molecular complexity index is 801. The first-order chi connectivity index (χ1) is 12.8. The zero-order valence-corrected chi connectivity index (χ0v) is 23.3. The summed E-state index contributed by atoms with van der Waals surface area (Å²) in [6.45, 7) is 4.42. The van der Waals surface area contributed by atoms with E-state index in [1.165, 1.54) is 21.5 Å². The van der Waals surface area contributed by atoms with Crippen molar-refractivity contribution in [1.29, 1.82) is 0 Å². The Kier molecular flexibility index (Phi) is 19.5. The summed E-state index contributed by atoms with van der Waals surface area (Å²) in [7, 11) is 0.750. The molecule has 1 radical (unpaired) electrons. The summed E-state index contributed by atoms with van der Waals surface area (Å²) in [6, 6.07) is 29.3. The Morgan fingerprint density at radius 1 is 0.759 bits per heavy atom. The van der Waals surface area contributed by atoms with Gasteiger partial charge in [-0.25, -0.2) is 12.2 Å². The van der Waals surface area contributed by atoms with Crippen molar-refractivity contribution >= 4 is 55.9 Å². The van der Waals surface area contributed by atoms with Gasteiger partial charge in [0.05, 0.1) is 0 Å². The smallest absolute Gasteiger partial charge is 0.0213 e. The fraction of sp³-hybridized carbons (Fsp3) is 0.120. The van der Waals surface area contributed by atoms with Crippen LogP contribution in [0.5, 0.6) is 0 Å². The third-order valence-electron chi connectivity index (χ3n) is 3.68. The molecule has 1 aliphatic carbocycles. The van der Waals surface area contributed by atoms with Crippen molar-refractivity contribution in [2.75, 3.05) is 0 Å². The van der Waals surface area contributed by atoms with Crippen molar-refractivity contribution in [2.45, 2.75) is 19.5 Å². The average Bonchev–Trinajstić information content (AvgIpc) is 3.46. The van der Waals surface area contributed by atoms with Gasteiger partial charge in [-0.15, -0.1) is 90.5 Å².